The van der Waals surface area contributed by atoms with Crippen molar-refractivity contribution in [2.24, 2.45) is 0 Å². The first-order valence-electron chi connectivity index (χ1n) is 6.05. The van der Waals surface area contributed by atoms with E-state index in [2.05, 4.69) is 15.0 Å². The number of halogens is 4. The number of aromatic nitrogens is 1. The van der Waals surface area contributed by atoms with Crippen LogP contribution in [0.1, 0.15) is 11.1 Å². The number of hydrogen-bond acceptors (Lipinski definition) is 3. The lowest BCUT2D eigenvalue weighted by Gasteiger charge is -2.12. The smallest absolute Gasteiger partial charge is 0.406 e. The highest BCUT2D eigenvalue weighted by molar-refractivity contribution is 6.32. The van der Waals surface area contributed by atoms with E-state index in [1.54, 1.807) is 18.3 Å². The van der Waals surface area contributed by atoms with Gasteiger partial charge in [-0.05, 0) is 36.2 Å². The normalized spacial score (nSPS) is 11.3. The largest absolute Gasteiger partial charge is 0.573 e. The summed E-state index contributed by atoms with van der Waals surface area (Å²) in [6.45, 7) is 2.17. The zero-order valence-electron chi connectivity index (χ0n) is 11.0. The highest BCUT2D eigenvalue weighted by Gasteiger charge is 2.31. The summed E-state index contributed by atoms with van der Waals surface area (Å²) in [7, 11) is 0. The predicted molar refractivity (Wildman–Crippen MR) is 74.4 cm³/mol. The molecule has 112 valence electrons. The molecule has 21 heavy (non-hydrogen) atoms. The van der Waals surface area contributed by atoms with Crippen molar-refractivity contribution in [3.05, 3.63) is 52.8 Å². The molecule has 0 aliphatic rings. The number of rotatable bonds is 4. The molecule has 7 heteroatoms. The number of nitrogens with zero attached hydrogens (tertiary/aromatic N) is 1. The van der Waals surface area contributed by atoms with Crippen molar-refractivity contribution in [3.63, 3.8) is 0 Å². The van der Waals surface area contributed by atoms with E-state index in [0.29, 0.717) is 22.9 Å². The molecule has 1 aromatic heterocycles. The van der Waals surface area contributed by atoms with Crippen LogP contribution in [0.2, 0.25) is 5.15 Å². The maximum atomic E-state index is 12.2. The summed E-state index contributed by atoms with van der Waals surface area (Å²) >= 11 is 5.97. The van der Waals surface area contributed by atoms with Crippen molar-refractivity contribution in [1.29, 1.82) is 0 Å². The summed E-state index contributed by atoms with van der Waals surface area (Å²) in [6, 6.07) is 7.54. The fourth-order valence-corrected chi connectivity index (χ4v) is 2.05. The second-order valence-corrected chi connectivity index (χ2v) is 4.70. The Morgan fingerprint density at radius 3 is 2.71 bits per heavy atom. The van der Waals surface area contributed by atoms with E-state index in [1.165, 1.54) is 18.2 Å². The number of ether oxygens (including phenoxy) is 1. The molecule has 0 saturated heterocycles. The van der Waals surface area contributed by atoms with E-state index in [4.69, 9.17) is 11.6 Å². The van der Waals surface area contributed by atoms with Gasteiger partial charge in [0.1, 0.15) is 5.75 Å². The molecule has 1 aromatic carbocycles. The topological polar surface area (TPSA) is 34.2 Å². The molecule has 0 fully saturated rings. The zero-order chi connectivity index (χ0) is 15.5. The first kappa shape index (κ1) is 15.4. The standard InChI is InChI=1S/C14H12ClF3N2O/c1-9-5-6-19-13(15)12(9)20-8-10-3-2-4-11(7-10)21-14(16,17)18/h2-7,20H,8H2,1H3. The van der Waals surface area contributed by atoms with Crippen LogP contribution >= 0.6 is 11.6 Å². The Morgan fingerprint density at radius 1 is 1.29 bits per heavy atom. The van der Waals surface area contributed by atoms with Crippen molar-refractivity contribution < 1.29 is 17.9 Å². The van der Waals surface area contributed by atoms with Crippen molar-refractivity contribution in [2.75, 3.05) is 5.32 Å². The molecule has 2 rings (SSSR count). The number of pyridine rings is 1. The molecule has 0 aliphatic carbocycles. The average molecular weight is 317 g/mol. The van der Waals surface area contributed by atoms with Gasteiger partial charge in [-0.2, -0.15) is 0 Å². The van der Waals surface area contributed by atoms with Gasteiger partial charge in [0.15, 0.2) is 5.15 Å². The van der Waals surface area contributed by atoms with Gasteiger partial charge in [-0.3, -0.25) is 0 Å². The molecule has 0 bridgehead atoms. The lowest BCUT2D eigenvalue weighted by Crippen LogP contribution is -2.17. The van der Waals surface area contributed by atoms with E-state index in [9.17, 15) is 13.2 Å². The third kappa shape index (κ3) is 4.53. The van der Waals surface area contributed by atoms with Gasteiger partial charge in [0, 0.05) is 12.7 Å². The minimum Gasteiger partial charge on any atom is -0.406 e. The van der Waals surface area contributed by atoms with Gasteiger partial charge in [0.05, 0.1) is 5.69 Å². The Bertz CT molecular complexity index is 612. The Balaban J connectivity index is 2.09. The van der Waals surface area contributed by atoms with Crippen LogP contribution in [0.3, 0.4) is 0 Å². The molecule has 2 aromatic rings. The van der Waals surface area contributed by atoms with Crippen LogP contribution in [0.15, 0.2) is 36.5 Å². The van der Waals surface area contributed by atoms with Gasteiger partial charge >= 0.3 is 6.36 Å². The molecule has 1 heterocycles. The summed E-state index contributed by atoms with van der Waals surface area (Å²) in [5.74, 6) is -0.254. The van der Waals surface area contributed by atoms with Crippen molar-refractivity contribution in [3.8, 4) is 5.75 Å². The SMILES string of the molecule is Cc1ccnc(Cl)c1NCc1cccc(OC(F)(F)F)c1. The number of benzene rings is 1. The molecular formula is C14H12ClF3N2O. The van der Waals surface area contributed by atoms with Gasteiger partial charge in [-0.1, -0.05) is 23.7 Å². The van der Waals surface area contributed by atoms with Crippen LogP contribution in [-0.2, 0) is 6.54 Å². The summed E-state index contributed by atoms with van der Waals surface area (Å²) < 4.78 is 40.4. The molecule has 1 N–H and O–H groups in total. The molecule has 3 nitrogen and oxygen atoms in total. The van der Waals surface area contributed by atoms with Gasteiger partial charge in [-0.25, -0.2) is 4.98 Å². The van der Waals surface area contributed by atoms with Crippen molar-refractivity contribution in [1.82, 2.24) is 4.98 Å². The summed E-state index contributed by atoms with van der Waals surface area (Å²) in [5, 5.41) is 3.37. The third-order valence-electron chi connectivity index (χ3n) is 2.71. The van der Waals surface area contributed by atoms with E-state index in [-0.39, 0.29) is 5.75 Å². The Labute approximate surface area is 124 Å². The number of aryl methyl sites for hydroxylation is 1. The second kappa shape index (κ2) is 6.22. The zero-order valence-corrected chi connectivity index (χ0v) is 11.8. The summed E-state index contributed by atoms with van der Waals surface area (Å²) in [6.07, 6.45) is -3.12. The molecular weight excluding hydrogens is 305 g/mol. The summed E-state index contributed by atoms with van der Waals surface area (Å²) in [4.78, 5) is 3.95. The number of anilines is 1. The third-order valence-corrected chi connectivity index (χ3v) is 3.00. The minimum atomic E-state index is -4.70. The second-order valence-electron chi connectivity index (χ2n) is 4.34. The van der Waals surface area contributed by atoms with Crippen LogP contribution < -0.4 is 10.1 Å². The maximum absolute atomic E-state index is 12.2. The molecule has 0 saturated carbocycles. The molecule has 0 aliphatic heterocycles. The molecule has 0 atom stereocenters. The Kier molecular flexibility index (Phi) is 4.57. The maximum Gasteiger partial charge on any atom is 0.573 e. The highest BCUT2D eigenvalue weighted by Crippen LogP contribution is 2.25. The van der Waals surface area contributed by atoms with Gasteiger partial charge in [0.2, 0.25) is 0 Å². The van der Waals surface area contributed by atoms with Crippen LogP contribution in [0.5, 0.6) is 5.75 Å². The minimum absolute atomic E-state index is 0.254. The first-order valence-corrected chi connectivity index (χ1v) is 6.42. The highest BCUT2D eigenvalue weighted by atomic mass is 35.5. The fraction of sp³-hybridized carbons (Fsp3) is 0.214. The van der Waals surface area contributed by atoms with Gasteiger partial charge in [-0.15, -0.1) is 13.2 Å². The van der Waals surface area contributed by atoms with Crippen molar-refractivity contribution in [2.45, 2.75) is 19.8 Å². The molecule has 0 radical (unpaired) electrons. The lowest BCUT2D eigenvalue weighted by molar-refractivity contribution is -0.274. The van der Waals surface area contributed by atoms with Crippen LogP contribution in [0.25, 0.3) is 0 Å². The number of hydrogen-bond donors (Lipinski definition) is 1. The van der Waals surface area contributed by atoms with E-state index in [0.717, 1.165) is 5.56 Å². The summed E-state index contributed by atoms with van der Waals surface area (Å²) in [5.41, 5.74) is 2.19. The fourth-order valence-electron chi connectivity index (χ4n) is 1.78. The molecule has 0 unspecified atom stereocenters. The molecule has 0 spiro atoms. The predicted octanol–water partition coefficient (Wildman–Crippen LogP) is 4.55. The monoisotopic (exact) mass is 316 g/mol. The Morgan fingerprint density at radius 2 is 2.05 bits per heavy atom. The average Bonchev–Trinajstić information content (AvgIpc) is 2.36. The van der Waals surface area contributed by atoms with Crippen molar-refractivity contribution >= 4 is 17.3 Å². The lowest BCUT2D eigenvalue weighted by atomic mass is 10.2. The van der Waals surface area contributed by atoms with Gasteiger partial charge in [0.25, 0.3) is 0 Å². The Hall–Kier alpha value is -1.95. The van der Waals surface area contributed by atoms with Crippen LogP contribution in [0.4, 0.5) is 18.9 Å². The van der Waals surface area contributed by atoms with E-state index < -0.39 is 6.36 Å². The number of nitrogens with one attached hydrogen (secondary N) is 1. The van der Waals surface area contributed by atoms with Crippen LogP contribution in [-0.4, -0.2) is 11.3 Å². The quantitative estimate of drug-likeness (QED) is 0.840. The molecule has 0 amide bonds. The van der Waals surface area contributed by atoms with E-state index >= 15 is 0 Å². The number of alkyl halides is 3. The van der Waals surface area contributed by atoms with Crippen LogP contribution in [0, 0.1) is 6.92 Å². The first-order chi connectivity index (χ1) is 9.85. The van der Waals surface area contributed by atoms with E-state index in [1.807, 2.05) is 6.92 Å². The van der Waals surface area contributed by atoms with Gasteiger partial charge < -0.3 is 10.1 Å².